The third-order valence-electron chi connectivity index (χ3n) is 4.74. The van der Waals surface area contributed by atoms with E-state index in [1.54, 1.807) is 0 Å². The number of rotatable bonds is 9. The first-order chi connectivity index (χ1) is 13.1. The standard InChI is InChI=1S/C22H28ClNO3/c1-2-5-17-6-3-4-7-22(17)26-16-19(25)14-24-13-12-21(15-24)27-20-10-8-18(23)9-11-20/h3-4,6-11,19,21,25H,2,5,12-16H2,1H3. The van der Waals surface area contributed by atoms with Crippen molar-refractivity contribution in [1.82, 2.24) is 4.90 Å². The molecule has 1 heterocycles. The number of aliphatic hydroxyl groups excluding tert-OH is 1. The van der Waals surface area contributed by atoms with Gasteiger partial charge in [-0.1, -0.05) is 43.1 Å². The van der Waals surface area contributed by atoms with Crippen molar-refractivity contribution >= 4 is 11.6 Å². The van der Waals surface area contributed by atoms with E-state index in [0.29, 0.717) is 18.2 Å². The van der Waals surface area contributed by atoms with E-state index in [1.165, 1.54) is 5.56 Å². The Labute approximate surface area is 166 Å². The van der Waals surface area contributed by atoms with Crippen molar-refractivity contribution in [3.05, 3.63) is 59.1 Å². The Hall–Kier alpha value is -1.75. The van der Waals surface area contributed by atoms with Gasteiger partial charge in [0, 0.05) is 24.7 Å². The molecule has 0 aliphatic carbocycles. The Morgan fingerprint density at radius 3 is 2.74 bits per heavy atom. The maximum atomic E-state index is 10.4. The van der Waals surface area contributed by atoms with Crippen molar-refractivity contribution in [2.24, 2.45) is 0 Å². The van der Waals surface area contributed by atoms with Gasteiger partial charge >= 0.3 is 0 Å². The first kappa shape index (κ1) is 20.0. The van der Waals surface area contributed by atoms with Crippen LogP contribution in [-0.4, -0.2) is 48.5 Å². The summed E-state index contributed by atoms with van der Waals surface area (Å²) in [6.45, 7) is 4.78. The van der Waals surface area contributed by atoms with Crippen LogP contribution in [0.2, 0.25) is 5.02 Å². The molecule has 0 saturated carbocycles. The minimum Gasteiger partial charge on any atom is -0.491 e. The average Bonchev–Trinajstić information content (AvgIpc) is 3.10. The molecule has 0 spiro atoms. The number of β-amino-alcohol motifs (C(OH)–C–C–N with tert-alkyl or cyclic N) is 1. The third kappa shape index (κ3) is 6.13. The molecule has 1 fully saturated rings. The molecule has 1 saturated heterocycles. The fraction of sp³-hybridized carbons (Fsp3) is 0.455. The van der Waals surface area contributed by atoms with Gasteiger partial charge in [0.15, 0.2) is 0 Å². The Balaban J connectivity index is 1.42. The number of hydrogen-bond donors (Lipinski definition) is 1. The highest BCUT2D eigenvalue weighted by Crippen LogP contribution is 2.22. The Bertz CT molecular complexity index is 707. The van der Waals surface area contributed by atoms with E-state index in [0.717, 1.165) is 43.9 Å². The number of benzene rings is 2. The van der Waals surface area contributed by atoms with E-state index in [2.05, 4.69) is 17.9 Å². The molecular formula is C22H28ClNO3. The molecular weight excluding hydrogens is 362 g/mol. The molecule has 2 aromatic carbocycles. The lowest BCUT2D eigenvalue weighted by Crippen LogP contribution is -2.35. The van der Waals surface area contributed by atoms with Crippen LogP contribution < -0.4 is 9.47 Å². The molecule has 0 amide bonds. The van der Waals surface area contributed by atoms with E-state index in [4.69, 9.17) is 21.1 Å². The van der Waals surface area contributed by atoms with E-state index in [-0.39, 0.29) is 6.10 Å². The van der Waals surface area contributed by atoms with Crippen LogP contribution in [0.5, 0.6) is 11.5 Å². The number of halogens is 1. The average molecular weight is 390 g/mol. The maximum absolute atomic E-state index is 10.4. The van der Waals surface area contributed by atoms with Crippen LogP contribution >= 0.6 is 11.6 Å². The molecule has 2 aromatic rings. The second-order valence-electron chi connectivity index (χ2n) is 7.06. The first-order valence-corrected chi connectivity index (χ1v) is 10.0. The summed E-state index contributed by atoms with van der Waals surface area (Å²) in [6, 6.07) is 15.5. The lowest BCUT2D eigenvalue weighted by atomic mass is 10.1. The van der Waals surface area contributed by atoms with Crippen LogP contribution in [0.15, 0.2) is 48.5 Å². The second-order valence-corrected chi connectivity index (χ2v) is 7.50. The predicted molar refractivity (Wildman–Crippen MR) is 109 cm³/mol. The summed E-state index contributed by atoms with van der Waals surface area (Å²) in [5, 5.41) is 11.1. The van der Waals surface area contributed by atoms with Gasteiger partial charge in [-0.05, 0) is 48.7 Å². The monoisotopic (exact) mass is 389 g/mol. The van der Waals surface area contributed by atoms with Crippen molar-refractivity contribution in [3.8, 4) is 11.5 Å². The summed E-state index contributed by atoms with van der Waals surface area (Å²) in [4.78, 5) is 2.23. The smallest absolute Gasteiger partial charge is 0.122 e. The zero-order valence-corrected chi connectivity index (χ0v) is 16.6. The molecule has 146 valence electrons. The van der Waals surface area contributed by atoms with Crippen molar-refractivity contribution in [3.63, 3.8) is 0 Å². The van der Waals surface area contributed by atoms with Crippen LogP contribution in [0, 0.1) is 0 Å². The number of aliphatic hydroxyl groups is 1. The van der Waals surface area contributed by atoms with Gasteiger partial charge in [0.2, 0.25) is 0 Å². The van der Waals surface area contributed by atoms with Crippen molar-refractivity contribution < 1.29 is 14.6 Å². The molecule has 0 aromatic heterocycles. The van der Waals surface area contributed by atoms with Gasteiger partial charge in [0.1, 0.15) is 30.3 Å². The van der Waals surface area contributed by atoms with Crippen LogP contribution in [0.4, 0.5) is 0 Å². The van der Waals surface area contributed by atoms with Crippen LogP contribution in [0.1, 0.15) is 25.3 Å². The van der Waals surface area contributed by atoms with E-state index >= 15 is 0 Å². The van der Waals surface area contributed by atoms with Crippen LogP contribution in [0.25, 0.3) is 0 Å². The van der Waals surface area contributed by atoms with Crippen molar-refractivity contribution in [1.29, 1.82) is 0 Å². The molecule has 3 rings (SSSR count). The van der Waals surface area contributed by atoms with Gasteiger partial charge in [0.05, 0.1) is 0 Å². The summed E-state index contributed by atoms with van der Waals surface area (Å²) in [5.74, 6) is 1.71. The molecule has 5 heteroatoms. The van der Waals surface area contributed by atoms with Crippen LogP contribution in [-0.2, 0) is 6.42 Å². The quantitative estimate of drug-likeness (QED) is 0.698. The Morgan fingerprint density at radius 1 is 1.19 bits per heavy atom. The summed E-state index contributed by atoms with van der Waals surface area (Å²) in [6.07, 6.45) is 2.64. The normalized spacial score (nSPS) is 18.4. The molecule has 27 heavy (non-hydrogen) atoms. The van der Waals surface area contributed by atoms with Gasteiger partial charge < -0.3 is 14.6 Å². The molecule has 0 radical (unpaired) electrons. The topological polar surface area (TPSA) is 41.9 Å². The molecule has 1 N–H and O–H groups in total. The van der Waals surface area contributed by atoms with Gasteiger partial charge in [-0.25, -0.2) is 0 Å². The van der Waals surface area contributed by atoms with Crippen LogP contribution in [0.3, 0.4) is 0 Å². The highest BCUT2D eigenvalue weighted by atomic mass is 35.5. The molecule has 4 nitrogen and oxygen atoms in total. The summed E-state index contributed by atoms with van der Waals surface area (Å²) in [5.41, 5.74) is 1.20. The number of hydrogen-bond acceptors (Lipinski definition) is 4. The molecule has 0 bridgehead atoms. The van der Waals surface area contributed by atoms with E-state index in [1.807, 2.05) is 42.5 Å². The number of ether oxygens (including phenoxy) is 2. The lowest BCUT2D eigenvalue weighted by molar-refractivity contribution is 0.0716. The van der Waals surface area contributed by atoms with Crippen molar-refractivity contribution in [2.45, 2.75) is 38.4 Å². The zero-order valence-electron chi connectivity index (χ0n) is 15.8. The number of likely N-dealkylation sites (tertiary alicyclic amines) is 1. The predicted octanol–water partition coefficient (Wildman–Crippen LogP) is 4.19. The third-order valence-corrected chi connectivity index (χ3v) is 4.99. The van der Waals surface area contributed by atoms with Gasteiger partial charge in [0.25, 0.3) is 0 Å². The summed E-state index contributed by atoms with van der Waals surface area (Å²) < 4.78 is 11.9. The zero-order chi connectivity index (χ0) is 19.1. The number of aryl methyl sites for hydroxylation is 1. The number of nitrogens with zero attached hydrogens (tertiary/aromatic N) is 1. The fourth-order valence-corrected chi connectivity index (χ4v) is 3.55. The summed E-state index contributed by atoms with van der Waals surface area (Å²) >= 11 is 5.91. The summed E-state index contributed by atoms with van der Waals surface area (Å²) in [7, 11) is 0. The van der Waals surface area contributed by atoms with Gasteiger partial charge in [-0.15, -0.1) is 0 Å². The number of para-hydroxylation sites is 1. The van der Waals surface area contributed by atoms with E-state index < -0.39 is 6.10 Å². The van der Waals surface area contributed by atoms with E-state index in [9.17, 15) is 5.11 Å². The van der Waals surface area contributed by atoms with Crippen molar-refractivity contribution in [2.75, 3.05) is 26.2 Å². The minimum atomic E-state index is -0.519. The highest BCUT2D eigenvalue weighted by Gasteiger charge is 2.25. The fourth-order valence-electron chi connectivity index (χ4n) is 3.42. The molecule has 2 atom stereocenters. The Kier molecular flexibility index (Phi) is 7.39. The second kappa shape index (κ2) is 9.98. The lowest BCUT2D eigenvalue weighted by Gasteiger charge is -2.21. The Morgan fingerprint density at radius 2 is 1.96 bits per heavy atom. The van der Waals surface area contributed by atoms with Gasteiger partial charge in [-0.3, -0.25) is 4.90 Å². The maximum Gasteiger partial charge on any atom is 0.122 e. The molecule has 1 aliphatic heterocycles. The largest absolute Gasteiger partial charge is 0.491 e. The molecule has 2 unspecified atom stereocenters. The SMILES string of the molecule is CCCc1ccccc1OCC(O)CN1CCC(Oc2ccc(Cl)cc2)C1. The highest BCUT2D eigenvalue weighted by molar-refractivity contribution is 6.30. The van der Waals surface area contributed by atoms with Gasteiger partial charge in [-0.2, -0.15) is 0 Å². The first-order valence-electron chi connectivity index (χ1n) is 9.67. The molecule has 1 aliphatic rings. The minimum absolute atomic E-state index is 0.143.